The first-order valence-corrected chi connectivity index (χ1v) is 13.8. The van der Waals surface area contributed by atoms with Gasteiger partial charge in [0.05, 0.1) is 42.2 Å². The summed E-state index contributed by atoms with van der Waals surface area (Å²) in [5.41, 5.74) is 9.03. The van der Waals surface area contributed by atoms with Crippen LogP contribution in [0.4, 0.5) is 16.0 Å². The number of benzene rings is 2. The van der Waals surface area contributed by atoms with Crippen molar-refractivity contribution >= 4 is 50.4 Å². The number of hydrogen-bond donors (Lipinski definition) is 4. The molecule has 0 radical (unpaired) electrons. The summed E-state index contributed by atoms with van der Waals surface area (Å²) >= 11 is 2.51. The normalized spacial score (nSPS) is 11.5. The quantitative estimate of drug-likeness (QED) is 0.140. The van der Waals surface area contributed by atoms with Crippen molar-refractivity contribution in [3.63, 3.8) is 0 Å². The number of aromatic nitrogens is 2. The Balaban J connectivity index is 1.20. The van der Waals surface area contributed by atoms with Gasteiger partial charge in [0, 0.05) is 23.0 Å². The monoisotopic (exact) mass is 565 g/mol. The lowest BCUT2D eigenvalue weighted by Gasteiger charge is -2.19. The number of aliphatic hydroxyl groups excluding tert-OH is 1. The molecular weight excluding hydrogens is 538 g/mol. The number of nitrogens with one attached hydrogen (secondary N) is 2. The molecule has 39 heavy (non-hydrogen) atoms. The maximum Gasteiger partial charge on any atom is 0.232 e. The van der Waals surface area contributed by atoms with Crippen LogP contribution in [0.15, 0.2) is 70.6 Å². The predicted octanol–water partition coefficient (Wildman–Crippen LogP) is 3.80. The van der Waals surface area contributed by atoms with E-state index < -0.39 is 6.10 Å². The highest BCUT2D eigenvalue weighted by molar-refractivity contribution is 7.14. The average Bonchev–Trinajstić information content (AvgIpc) is 3.55. The fourth-order valence-electron chi connectivity index (χ4n) is 3.71. The lowest BCUT2D eigenvalue weighted by molar-refractivity contribution is -0.116. The van der Waals surface area contributed by atoms with Crippen LogP contribution in [0.1, 0.15) is 28.6 Å². The van der Waals surface area contributed by atoms with E-state index in [0.717, 1.165) is 11.1 Å². The van der Waals surface area contributed by atoms with E-state index in [1.165, 1.54) is 27.7 Å². The number of carbonyl (C=O) groups excluding carboxylic acids is 2. The third kappa shape index (κ3) is 8.67. The highest BCUT2D eigenvalue weighted by atomic mass is 32.1. The second-order valence-electron chi connectivity index (χ2n) is 8.64. The number of anilines is 3. The lowest BCUT2D eigenvalue weighted by Crippen LogP contribution is -2.25. The van der Waals surface area contributed by atoms with Gasteiger partial charge in [-0.25, -0.2) is 9.97 Å². The number of carbonyl (C=O) groups is 2. The largest absolute Gasteiger partial charge is 0.386 e. The van der Waals surface area contributed by atoms with E-state index >= 15 is 0 Å². The molecule has 0 aliphatic carbocycles. The number of hydrogen-bond acceptors (Lipinski definition) is 10. The molecule has 0 spiro atoms. The van der Waals surface area contributed by atoms with Gasteiger partial charge < -0.3 is 21.5 Å². The van der Waals surface area contributed by atoms with Crippen LogP contribution in [0.25, 0.3) is 0 Å². The van der Waals surface area contributed by atoms with Crippen LogP contribution < -0.4 is 16.4 Å². The molecule has 1 atom stereocenters. The van der Waals surface area contributed by atoms with E-state index in [9.17, 15) is 19.6 Å². The maximum atomic E-state index is 12.5. The topological polar surface area (TPSA) is 163 Å². The first-order chi connectivity index (χ1) is 18.9. The smallest absolute Gasteiger partial charge is 0.232 e. The number of rotatable bonds is 13. The average molecular weight is 566 g/mol. The van der Waals surface area contributed by atoms with Crippen molar-refractivity contribution in [2.24, 2.45) is 5.29 Å². The molecule has 0 bridgehead atoms. The molecule has 1 unspecified atom stereocenters. The molecule has 5 N–H and O–H groups in total. The summed E-state index contributed by atoms with van der Waals surface area (Å²) in [5.74, 6) is -0.500. The van der Waals surface area contributed by atoms with Gasteiger partial charge in [-0.3, -0.25) is 14.6 Å². The van der Waals surface area contributed by atoms with Gasteiger partial charge in [0.25, 0.3) is 0 Å². The summed E-state index contributed by atoms with van der Waals surface area (Å²) in [4.78, 5) is 44.3. The highest BCUT2D eigenvalue weighted by Crippen LogP contribution is 2.19. The molecule has 2 aromatic heterocycles. The second-order valence-corrected chi connectivity index (χ2v) is 10.4. The minimum absolute atomic E-state index is 0.0560. The molecule has 13 heteroatoms. The molecule has 0 aliphatic heterocycles. The van der Waals surface area contributed by atoms with E-state index in [0.29, 0.717) is 40.3 Å². The Bertz CT molecular complexity index is 1390. The third-order valence-corrected chi connectivity index (χ3v) is 7.16. The summed E-state index contributed by atoms with van der Waals surface area (Å²) < 4.78 is 0. The predicted molar refractivity (Wildman–Crippen MR) is 152 cm³/mol. The fraction of sp³-hybridized carbons (Fsp3) is 0.231. The van der Waals surface area contributed by atoms with Crippen molar-refractivity contribution in [1.82, 2.24) is 15.0 Å². The van der Waals surface area contributed by atoms with Gasteiger partial charge in [0.15, 0.2) is 10.3 Å². The van der Waals surface area contributed by atoms with Crippen molar-refractivity contribution in [3.05, 3.63) is 92.8 Å². The first kappa shape index (κ1) is 27.8. The fourth-order valence-corrected chi connectivity index (χ4v) is 4.99. The van der Waals surface area contributed by atoms with Gasteiger partial charge in [-0.15, -0.1) is 27.6 Å². The van der Waals surface area contributed by atoms with Crippen LogP contribution in [0.3, 0.4) is 0 Å². The van der Waals surface area contributed by atoms with E-state index in [4.69, 9.17) is 5.73 Å². The molecule has 2 amide bonds. The summed E-state index contributed by atoms with van der Waals surface area (Å²) in [6, 6.07) is 16.4. The zero-order chi connectivity index (χ0) is 27.6. The van der Waals surface area contributed by atoms with Crippen molar-refractivity contribution in [3.8, 4) is 0 Å². The summed E-state index contributed by atoms with van der Waals surface area (Å²) in [5, 5.41) is 24.5. The second kappa shape index (κ2) is 13.6. The molecule has 0 fully saturated rings. The summed E-state index contributed by atoms with van der Waals surface area (Å²) in [6.45, 7) is 0.449. The summed E-state index contributed by atoms with van der Waals surface area (Å²) in [6.07, 6.45) is -0.112. The molecule has 2 aromatic carbocycles. The zero-order valence-corrected chi connectivity index (χ0v) is 22.5. The zero-order valence-electron chi connectivity index (χ0n) is 20.8. The van der Waals surface area contributed by atoms with E-state index in [2.05, 4.69) is 25.9 Å². The standard InChI is InChI=1S/C26H27N7O4S2/c27-25-29-20(15-38-25)12-24(36)31-26-30-21(16-39-26)13-23(35)28-19-8-6-17(7-9-19)10-11-33(32-37)14-22(34)18-4-2-1-3-5-18/h1-9,15-16,22,34H,10-14H2,(H2,27,29)(H,28,35)(H,30,31,36). The Morgan fingerprint density at radius 2 is 1.62 bits per heavy atom. The molecular formula is C26H27N7O4S2. The number of amides is 2. The van der Waals surface area contributed by atoms with Crippen LogP contribution in [0.2, 0.25) is 0 Å². The van der Waals surface area contributed by atoms with Gasteiger partial charge in [0.1, 0.15) is 0 Å². The lowest BCUT2D eigenvalue weighted by atomic mass is 10.1. The Kier molecular flexibility index (Phi) is 9.67. The van der Waals surface area contributed by atoms with E-state index in [1.807, 2.05) is 30.3 Å². The van der Waals surface area contributed by atoms with E-state index in [1.54, 1.807) is 35.0 Å². The van der Waals surface area contributed by atoms with Crippen molar-refractivity contribution in [2.45, 2.75) is 25.4 Å². The van der Waals surface area contributed by atoms with Crippen LogP contribution in [-0.2, 0) is 28.9 Å². The van der Waals surface area contributed by atoms with Crippen LogP contribution in [0.5, 0.6) is 0 Å². The van der Waals surface area contributed by atoms with Crippen molar-refractivity contribution in [2.75, 3.05) is 29.5 Å². The molecule has 4 rings (SSSR count). The number of thiazole rings is 2. The Morgan fingerprint density at radius 1 is 0.949 bits per heavy atom. The van der Waals surface area contributed by atoms with Gasteiger partial charge >= 0.3 is 0 Å². The Morgan fingerprint density at radius 3 is 2.28 bits per heavy atom. The Labute approximate surface area is 232 Å². The molecule has 11 nitrogen and oxygen atoms in total. The minimum atomic E-state index is -0.810. The molecule has 0 saturated heterocycles. The van der Waals surface area contributed by atoms with Gasteiger partial charge in [-0.1, -0.05) is 42.5 Å². The highest BCUT2D eigenvalue weighted by Gasteiger charge is 2.14. The molecule has 202 valence electrons. The molecule has 2 heterocycles. The van der Waals surface area contributed by atoms with Crippen LogP contribution in [-0.4, -0.2) is 45.0 Å². The van der Waals surface area contributed by atoms with Crippen LogP contribution in [0, 0.1) is 4.91 Å². The maximum absolute atomic E-state index is 12.5. The molecule has 0 saturated carbocycles. The minimum Gasteiger partial charge on any atom is -0.386 e. The SMILES string of the molecule is Nc1nc(CC(=O)Nc2nc(CC(=O)Nc3ccc(CCN(CC(O)c4ccccc4)N=O)cc3)cs2)cs1. The number of nitrogens with two attached hydrogens (primary N) is 1. The number of nitrogen functional groups attached to an aromatic ring is 1. The Hall–Kier alpha value is -4.20. The van der Waals surface area contributed by atoms with Crippen LogP contribution >= 0.6 is 22.7 Å². The number of nitroso groups, excluding NO2 is 1. The summed E-state index contributed by atoms with van der Waals surface area (Å²) in [7, 11) is 0. The third-order valence-electron chi connectivity index (χ3n) is 5.63. The number of aliphatic hydroxyl groups is 1. The first-order valence-electron chi connectivity index (χ1n) is 12.0. The van der Waals surface area contributed by atoms with Crippen molar-refractivity contribution < 1.29 is 14.7 Å². The van der Waals surface area contributed by atoms with Gasteiger partial charge in [-0.2, -0.15) is 0 Å². The van der Waals surface area contributed by atoms with Crippen molar-refractivity contribution in [1.29, 1.82) is 0 Å². The molecule has 4 aromatic rings. The van der Waals surface area contributed by atoms with E-state index in [-0.39, 0.29) is 31.2 Å². The van der Waals surface area contributed by atoms with Gasteiger partial charge in [0.2, 0.25) is 11.8 Å². The number of nitrogens with zero attached hydrogens (tertiary/aromatic N) is 4. The molecule has 0 aliphatic rings. The van der Waals surface area contributed by atoms with Gasteiger partial charge in [-0.05, 0) is 29.7 Å².